The van der Waals surface area contributed by atoms with E-state index in [1.165, 1.54) is 44.9 Å². The number of carbonyl (C=O) groups excluding carboxylic acids is 1. The van der Waals surface area contributed by atoms with E-state index in [4.69, 9.17) is 5.11 Å². The minimum atomic E-state index is -0.986. The van der Waals surface area contributed by atoms with Crippen LogP contribution in [0.15, 0.2) is 0 Å². The summed E-state index contributed by atoms with van der Waals surface area (Å²) in [6.45, 7) is 7.13. The van der Waals surface area contributed by atoms with Crippen molar-refractivity contribution in [2.75, 3.05) is 6.54 Å². The monoisotopic (exact) mass is 433 g/mol. The topological polar surface area (TPSA) is 86.6 Å². The summed E-state index contributed by atoms with van der Waals surface area (Å²) in [6, 6.07) is 0. The number of aliphatic carboxylic acids is 1. The molecule has 0 spiro atoms. The second-order valence-corrected chi connectivity index (χ2v) is 12.0. The molecule has 31 heavy (non-hydrogen) atoms. The normalized spacial score (nSPS) is 45.2. The molecule has 176 valence electrons. The number of hydrogen-bond acceptors (Lipinski definition) is 3. The van der Waals surface area contributed by atoms with Crippen LogP contribution in [0.1, 0.15) is 91.4 Å². The van der Waals surface area contributed by atoms with Gasteiger partial charge in [-0.1, -0.05) is 20.8 Å². The van der Waals surface area contributed by atoms with Crippen LogP contribution in [0.5, 0.6) is 0 Å². The Hall–Kier alpha value is -1.10. The summed E-state index contributed by atoms with van der Waals surface area (Å²) in [6.07, 6.45) is 12.3. The number of aliphatic hydroxyl groups is 1. The lowest BCUT2D eigenvalue weighted by molar-refractivity contribution is -0.138. The first-order valence-electron chi connectivity index (χ1n) is 12.8. The Morgan fingerprint density at radius 3 is 2.45 bits per heavy atom. The second kappa shape index (κ2) is 8.68. The average Bonchev–Trinajstić information content (AvgIpc) is 3.08. The standard InChI is InChI=1S/C26H43NO4/c1-16(4-9-23(29)27-15-24(30)31)20-7-8-21-19-6-5-17-14-18(28)10-12-25(17,2)22(19)11-13-26(20,21)3/h16-22,28H,4-15H2,1-3H3,(H,27,29)(H,30,31)/t16-,17-,18-,19?,20?,21+,22?,25+,26-/m1/s1. The van der Waals surface area contributed by atoms with Gasteiger partial charge in [0, 0.05) is 6.42 Å². The van der Waals surface area contributed by atoms with Crippen molar-refractivity contribution in [2.24, 2.45) is 46.3 Å². The highest BCUT2D eigenvalue weighted by Crippen LogP contribution is 2.68. The Bertz CT molecular complexity index is 695. The molecule has 3 unspecified atom stereocenters. The zero-order chi connectivity index (χ0) is 22.4. The minimum Gasteiger partial charge on any atom is -0.480 e. The molecule has 0 aromatic heterocycles. The number of carbonyl (C=O) groups is 2. The van der Waals surface area contributed by atoms with Crippen molar-refractivity contribution >= 4 is 11.9 Å². The molecular weight excluding hydrogens is 390 g/mol. The third-order valence-electron chi connectivity index (χ3n) is 10.7. The fourth-order valence-corrected chi connectivity index (χ4v) is 9.03. The van der Waals surface area contributed by atoms with Crippen LogP contribution in [-0.2, 0) is 9.59 Å². The first-order valence-corrected chi connectivity index (χ1v) is 12.8. The lowest BCUT2D eigenvalue weighted by Gasteiger charge is -2.61. The fraction of sp³-hybridized carbons (Fsp3) is 0.923. The van der Waals surface area contributed by atoms with Gasteiger partial charge in [0.15, 0.2) is 0 Å². The number of nitrogens with one attached hydrogen (secondary N) is 1. The Balaban J connectivity index is 1.40. The predicted octanol–water partition coefficient (Wildman–Crippen LogP) is 4.62. The van der Waals surface area contributed by atoms with Crippen molar-refractivity contribution in [3.63, 3.8) is 0 Å². The van der Waals surface area contributed by atoms with Gasteiger partial charge in [-0.3, -0.25) is 9.59 Å². The third-order valence-corrected chi connectivity index (χ3v) is 10.7. The summed E-state index contributed by atoms with van der Waals surface area (Å²) in [4.78, 5) is 22.7. The van der Waals surface area contributed by atoms with Gasteiger partial charge in [-0.25, -0.2) is 0 Å². The maximum Gasteiger partial charge on any atom is 0.322 e. The largest absolute Gasteiger partial charge is 0.480 e. The number of carboxylic acids is 1. The molecule has 0 bridgehead atoms. The molecule has 0 aromatic rings. The zero-order valence-corrected chi connectivity index (χ0v) is 19.7. The van der Waals surface area contributed by atoms with Crippen LogP contribution < -0.4 is 5.32 Å². The molecular formula is C26H43NO4. The van der Waals surface area contributed by atoms with Gasteiger partial charge in [-0.2, -0.15) is 0 Å². The Kier molecular flexibility index (Phi) is 6.46. The Morgan fingerprint density at radius 2 is 1.71 bits per heavy atom. The van der Waals surface area contributed by atoms with Gasteiger partial charge in [0.2, 0.25) is 5.91 Å². The van der Waals surface area contributed by atoms with Gasteiger partial charge < -0.3 is 15.5 Å². The molecule has 3 N–H and O–H groups in total. The van der Waals surface area contributed by atoms with E-state index < -0.39 is 5.97 Å². The van der Waals surface area contributed by atoms with Gasteiger partial charge >= 0.3 is 5.97 Å². The van der Waals surface area contributed by atoms with Gasteiger partial charge in [-0.05, 0) is 111 Å². The zero-order valence-electron chi connectivity index (χ0n) is 19.7. The molecule has 4 aliphatic carbocycles. The highest BCUT2D eigenvalue weighted by Gasteiger charge is 2.60. The van der Waals surface area contributed by atoms with Crippen LogP contribution in [0.2, 0.25) is 0 Å². The van der Waals surface area contributed by atoms with Crippen LogP contribution >= 0.6 is 0 Å². The second-order valence-electron chi connectivity index (χ2n) is 12.0. The lowest BCUT2D eigenvalue weighted by atomic mass is 9.44. The molecule has 4 saturated carbocycles. The molecule has 4 rings (SSSR count). The molecule has 0 aromatic carbocycles. The van der Waals surface area contributed by atoms with Crippen molar-refractivity contribution < 1.29 is 19.8 Å². The average molecular weight is 434 g/mol. The highest BCUT2D eigenvalue weighted by molar-refractivity contribution is 5.81. The van der Waals surface area contributed by atoms with E-state index in [-0.39, 0.29) is 18.6 Å². The molecule has 0 heterocycles. The first kappa shape index (κ1) is 23.1. The molecule has 4 aliphatic rings. The van der Waals surface area contributed by atoms with E-state index in [9.17, 15) is 14.7 Å². The van der Waals surface area contributed by atoms with Crippen molar-refractivity contribution in [3.8, 4) is 0 Å². The minimum absolute atomic E-state index is 0.0760. The van der Waals surface area contributed by atoms with Crippen molar-refractivity contribution in [1.29, 1.82) is 0 Å². The van der Waals surface area contributed by atoms with E-state index in [0.717, 1.165) is 37.0 Å². The SMILES string of the molecule is C[C@H](CCC(=O)NCC(=O)O)C1CC[C@H]2C3CC[C@@H]4C[C@H](O)CC[C@]4(C)C3CC[C@]12C. The summed E-state index contributed by atoms with van der Waals surface area (Å²) in [7, 11) is 0. The number of fused-ring (bicyclic) bond motifs is 5. The number of aliphatic hydroxyl groups excluding tert-OH is 1. The van der Waals surface area contributed by atoms with Gasteiger partial charge in [0.05, 0.1) is 6.10 Å². The van der Waals surface area contributed by atoms with Crippen LogP contribution in [0.4, 0.5) is 0 Å². The summed E-state index contributed by atoms with van der Waals surface area (Å²) in [5.41, 5.74) is 0.810. The van der Waals surface area contributed by atoms with Crippen LogP contribution in [-0.4, -0.2) is 34.7 Å². The van der Waals surface area contributed by atoms with Crippen LogP contribution in [0.25, 0.3) is 0 Å². The highest BCUT2D eigenvalue weighted by atomic mass is 16.4. The molecule has 5 heteroatoms. The van der Waals surface area contributed by atoms with E-state index in [1.807, 2.05) is 0 Å². The van der Waals surface area contributed by atoms with Gasteiger partial charge in [0.25, 0.3) is 0 Å². The molecule has 9 atom stereocenters. The van der Waals surface area contributed by atoms with Crippen molar-refractivity contribution in [2.45, 2.75) is 97.5 Å². The predicted molar refractivity (Wildman–Crippen MR) is 120 cm³/mol. The van der Waals surface area contributed by atoms with E-state index in [2.05, 4.69) is 26.1 Å². The van der Waals surface area contributed by atoms with Crippen LogP contribution in [0, 0.1) is 46.3 Å². The van der Waals surface area contributed by atoms with Gasteiger partial charge in [-0.15, -0.1) is 0 Å². The maximum absolute atomic E-state index is 12.0. The first-order chi connectivity index (χ1) is 14.6. The quantitative estimate of drug-likeness (QED) is 0.570. The Labute approximate surface area is 187 Å². The summed E-state index contributed by atoms with van der Waals surface area (Å²) < 4.78 is 0. The fourth-order valence-electron chi connectivity index (χ4n) is 9.03. The van der Waals surface area contributed by atoms with E-state index >= 15 is 0 Å². The number of carboxylic acid groups (broad SMARTS) is 1. The lowest BCUT2D eigenvalue weighted by Crippen LogP contribution is -2.54. The third kappa shape index (κ3) is 4.16. The van der Waals surface area contributed by atoms with Gasteiger partial charge in [0.1, 0.15) is 6.54 Å². The molecule has 0 aliphatic heterocycles. The summed E-state index contributed by atoms with van der Waals surface area (Å²) in [5.74, 6) is 3.23. The number of amides is 1. The molecule has 4 fully saturated rings. The molecule has 1 amide bonds. The number of hydrogen-bond donors (Lipinski definition) is 3. The van der Waals surface area contributed by atoms with Crippen molar-refractivity contribution in [1.82, 2.24) is 5.32 Å². The van der Waals surface area contributed by atoms with Crippen LogP contribution in [0.3, 0.4) is 0 Å². The summed E-state index contributed by atoms with van der Waals surface area (Å²) >= 11 is 0. The van der Waals surface area contributed by atoms with Crippen molar-refractivity contribution in [3.05, 3.63) is 0 Å². The molecule has 0 radical (unpaired) electrons. The summed E-state index contributed by atoms with van der Waals surface area (Å²) in [5, 5.41) is 21.5. The number of rotatable bonds is 6. The molecule has 0 saturated heterocycles. The molecule has 5 nitrogen and oxygen atoms in total. The van der Waals surface area contributed by atoms with E-state index in [0.29, 0.717) is 35.0 Å². The Morgan fingerprint density at radius 1 is 1.00 bits per heavy atom. The van der Waals surface area contributed by atoms with E-state index in [1.54, 1.807) is 0 Å². The maximum atomic E-state index is 12.0. The smallest absolute Gasteiger partial charge is 0.322 e.